The van der Waals surface area contributed by atoms with Crippen LogP contribution in [0.15, 0.2) is 0 Å². The van der Waals surface area contributed by atoms with Crippen LogP contribution in [0.4, 0.5) is 0 Å². The Kier molecular flexibility index (Phi) is 22.0. The summed E-state index contributed by atoms with van der Waals surface area (Å²) in [6, 6.07) is -0.795. The standard InChI is InChI=1S/C33H60N2O6/c1-2-19-29(33(40)41)35-32(39)28-24-22-27(23-25-28)26-34-30(36)20-17-15-13-11-9-7-5-3-4-6-8-10-12-14-16-18-21-31(37)38/h27-29H,2-26H2,1H3,(H,34,36)(H,35,39)(H,37,38)(H,40,41)/t27-,28-,29-/m0/s1. The first kappa shape index (κ1) is 36.9. The van der Waals surface area contributed by atoms with Gasteiger partial charge in [0.05, 0.1) is 0 Å². The molecule has 0 bridgehead atoms. The summed E-state index contributed by atoms with van der Waals surface area (Å²) in [6.45, 7) is 2.59. The number of aliphatic carboxylic acids is 2. The predicted octanol–water partition coefficient (Wildman–Crippen LogP) is 7.38. The van der Waals surface area contributed by atoms with Crippen molar-refractivity contribution in [1.82, 2.24) is 10.6 Å². The maximum atomic E-state index is 12.5. The molecule has 8 heteroatoms. The van der Waals surface area contributed by atoms with Gasteiger partial charge in [-0.3, -0.25) is 14.4 Å². The van der Waals surface area contributed by atoms with E-state index in [1.165, 1.54) is 77.0 Å². The van der Waals surface area contributed by atoms with Gasteiger partial charge in [-0.1, -0.05) is 103 Å². The van der Waals surface area contributed by atoms with E-state index in [4.69, 9.17) is 5.11 Å². The molecule has 1 atom stereocenters. The Morgan fingerprint density at radius 3 is 1.51 bits per heavy atom. The number of carbonyl (C=O) groups is 4. The fourth-order valence-corrected chi connectivity index (χ4v) is 5.85. The molecule has 0 radical (unpaired) electrons. The molecule has 0 aromatic rings. The third-order valence-corrected chi connectivity index (χ3v) is 8.54. The van der Waals surface area contributed by atoms with Gasteiger partial charge in [0.25, 0.3) is 0 Å². The Morgan fingerprint density at radius 1 is 0.659 bits per heavy atom. The van der Waals surface area contributed by atoms with Crippen molar-refractivity contribution in [3.63, 3.8) is 0 Å². The maximum absolute atomic E-state index is 12.5. The second-order valence-corrected chi connectivity index (χ2v) is 12.3. The van der Waals surface area contributed by atoms with Gasteiger partial charge in [-0.25, -0.2) is 4.79 Å². The molecule has 1 aliphatic rings. The van der Waals surface area contributed by atoms with E-state index < -0.39 is 18.0 Å². The van der Waals surface area contributed by atoms with Crippen molar-refractivity contribution in [1.29, 1.82) is 0 Å². The zero-order valence-corrected chi connectivity index (χ0v) is 25.9. The molecule has 0 unspecified atom stereocenters. The number of rotatable bonds is 26. The molecule has 0 aromatic carbocycles. The molecule has 2 amide bonds. The molecule has 0 heterocycles. The van der Waals surface area contributed by atoms with Gasteiger partial charge in [-0.2, -0.15) is 0 Å². The Balaban J connectivity index is 1.89. The van der Waals surface area contributed by atoms with Gasteiger partial charge >= 0.3 is 11.9 Å². The number of hydrogen-bond acceptors (Lipinski definition) is 4. The molecule has 4 N–H and O–H groups in total. The van der Waals surface area contributed by atoms with Crippen molar-refractivity contribution < 1.29 is 29.4 Å². The van der Waals surface area contributed by atoms with E-state index in [2.05, 4.69) is 10.6 Å². The number of carbonyl (C=O) groups excluding carboxylic acids is 2. The van der Waals surface area contributed by atoms with Crippen molar-refractivity contribution in [3.05, 3.63) is 0 Å². The first-order valence-electron chi connectivity index (χ1n) is 16.8. The second-order valence-electron chi connectivity index (χ2n) is 12.3. The van der Waals surface area contributed by atoms with Crippen molar-refractivity contribution in [3.8, 4) is 0 Å². The SMILES string of the molecule is CCC[C@H](NC(=O)[C@H]1CC[C@H](CNC(=O)CCCCCCCCCCCCCCCCCCC(=O)O)CC1)C(=O)O. The summed E-state index contributed by atoms with van der Waals surface area (Å²) in [5.74, 6) is -1.38. The lowest BCUT2D eigenvalue weighted by atomic mass is 9.81. The van der Waals surface area contributed by atoms with Crippen LogP contribution in [0.1, 0.15) is 161 Å². The van der Waals surface area contributed by atoms with Gasteiger partial charge in [0.15, 0.2) is 0 Å². The Bertz CT molecular complexity index is 721. The fraction of sp³-hybridized carbons (Fsp3) is 0.879. The molecule has 8 nitrogen and oxygen atoms in total. The minimum Gasteiger partial charge on any atom is -0.481 e. The van der Waals surface area contributed by atoms with Crippen molar-refractivity contribution in [2.45, 2.75) is 167 Å². The van der Waals surface area contributed by atoms with E-state index in [1.807, 2.05) is 6.92 Å². The highest BCUT2D eigenvalue weighted by atomic mass is 16.4. The lowest BCUT2D eigenvalue weighted by molar-refractivity contribution is -0.143. The number of carboxylic acids is 2. The van der Waals surface area contributed by atoms with E-state index in [1.54, 1.807) is 0 Å². The van der Waals surface area contributed by atoms with Crippen LogP contribution >= 0.6 is 0 Å². The van der Waals surface area contributed by atoms with E-state index >= 15 is 0 Å². The van der Waals surface area contributed by atoms with Crippen LogP contribution < -0.4 is 10.6 Å². The number of unbranched alkanes of at least 4 members (excludes halogenated alkanes) is 15. The van der Waals surface area contributed by atoms with Crippen LogP contribution in [-0.2, 0) is 19.2 Å². The number of carboxylic acid groups (broad SMARTS) is 2. The first-order valence-corrected chi connectivity index (χ1v) is 16.8. The minimum atomic E-state index is -0.967. The summed E-state index contributed by atoms with van der Waals surface area (Å²) in [5.41, 5.74) is 0. The zero-order chi connectivity index (χ0) is 30.1. The van der Waals surface area contributed by atoms with Crippen LogP contribution in [0.2, 0.25) is 0 Å². The summed E-state index contributed by atoms with van der Waals surface area (Å²) in [6.07, 6.45) is 24.6. The number of amides is 2. The van der Waals surface area contributed by atoms with Gasteiger partial charge in [0, 0.05) is 25.3 Å². The molecule has 1 aliphatic carbocycles. The van der Waals surface area contributed by atoms with Gasteiger partial charge < -0.3 is 20.8 Å². The third kappa shape index (κ3) is 20.4. The monoisotopic (exact) mass is 580 g/mol. The average molecular weight is 581 g/mol. The zero-order valence-electron chi connectivity index (χ0n) is 25.9. The Morgan fingerprint density at radius 2 is 1.10 bits per heavy atom. The van der Waals surface area contributed by atoms with E-state index in [0.717, 1.165) is 51.4 Å². The number of hydrogen-bond donors (Lipinski definition) is 4. The molecule has 41 heavy (non-hydrogen) atoms. The molecule has 1 fully saturated rings. The van der Waals surface area contributed by atoms with Crippen molar-refractivity contribution in [2.75, 3.05) is 6.54 Å². The first-order chi connectivity index (χ1) is 19.8. The third-order valence-electron chi connectivity index (χ3n) is 8.54. The number of nitrogens with one attached hydrogen (secondary N) is 2. The van der Waals surface area contributed by atoms with Gasteiger partial charge in [-0.05, 0) is 50.9 Å². The van der Waals surface area contributed by atoms with E-state index in [0.29, 0.717) is 38.1 Å². The summed E-state index contributed by atoms with van der Waals surface area (Å²) < 4.78 is 0. The highest BCUT2D eigenvalue weighted by Crippen LogP contribution is 2.28. The summed E-state index contributed by atoms with van der Waals surface area (Å²) >= 11 is 0. The van der Waals surface area contributed by atoms with Crippen LogP contribution in [0.5, 0.6) is 0 Å². The second kappa shape index (κ2) is 24.5. The Labute approximate surface area is 249 Å². The van der Waals surface area contributed by atoms with Gasteiger partial charge in [-0.15, -0.1) is 0 Å². The topological polar surface area (TPSA) is 133 Å². The molecule has 0 saturated heterocycles. The van der Waals surface area contributed by atoms with Crippen LogP contribution in [0, 0.1) is 11.8 Å². The van der Waals surface area contributed by atoms with Gasteiger partial charge in [0.1, 0.15) is 6.04 Å². The smallest absolute Gasteiger partial charge is 0.326 e. The summed E-state index contributed by atoms with van der Waals surface area (Å²) in [7, 11) is 0. The molecule has 1 rings (SSSR count). The van der Waals surface area contributed by atoms with Crippen molar-refractivity contribution in [2.24, 2.45) is 11.8 Å². The fourth-order valence-electron chi connectivity index (χ4n) is 5.85. The van der Waals surface area contributed by atoms with Crippen LogP contribution in [-0.4, -0.2) is 46.6 Å². The molecule has 0 aromatic heterocycles. The molecule has 0 spiro atoms. The molecule has 238 valence electrons. The Hall–Kier alpha value is -2.12. The quantitative estimate of drug-likeness (QED) is 0.0789. The molecule has 1 saturated carbocycles. The van der Waals surface area contributed by atoms with E-state index in [9.17, 15) is 24.3 Å². The average Bonchev–Trinajstić information content (AvgIpc) is 2.95. The predicted molar refractivity (Wildman–Crippen MR) is 164 cm³/mol. The molecular weight excluding hydrogens is 520 g/mol. The van der Waals surface area contributed by atoms with Crippen LogP contribution in [0.25, 0.3) is 0 Å². The normalized spacial score (nSPS) is 17.6. The lowest BCUT2D eigenvalue weighted by Gasteiger charge is -2.28. The maximum Gasteiger partial charge on any atom is 0.326 e. The molecular formula is C33H60N2O6. The minimum absolute atomic E-state index is 0.120. The molecule has 0 aliphatic heterocycles. The van der Waals surface area contributed by atoms with Crippen LogP contribution in [0.3, 0.4) is 0 Å². The lowest BCUT2D eigenvalue weighted by Crippen LogP contribution is -2.44. The summed E-state index contributed by atoms with van der Waals surface area (Å²) in [5, 5.41) is 23.7. The van der Waals surface area contributed by atoms with Gasteiger partial charge in [0.2, 0.25) is 11.8 Å². The van der Waals surface area contributed by atoms with Crippen molar-refractivity contribution >= 4 is 23.8 Å². The van der Waals surface area contributed by atoms with E-state index in [-0.39, 0.29) is 17.7 Å². The highest BCUT2D eigenvalue weighted by Gasteiger charge is 2.29. The largest absolute Gasteiger partial charge is 0.481 e. The summed E-state index contributed by atoms with van der Waals surface area (Å²) in [4.78, 5) is 46.5. The highest BCUT2D eigenvalue weighted by molar-refractivity contribution is 5.85.